The van der Waals surface area contributed by atoms with Gasteiger partial charge >= 0.3 is 0 Å². The molecule has 138 valence electrons. The monoisotopic (exact) mass is 346 g/mol. The SMILES string of the molecule is CC.CC1CCC1.CCCC(C)C(C)S(=O)NC(=O)C(C)=NC. The number of aliphatic imine (C=N–C) groups is 1. The van der Waals surface area contributed by atoms with Crippen LogP contribution in [0.25, 0.3) is 0 Å². The number of carbonyl (C=O) groups excluding carboxylic acids is 1. The van der Waals surface area contributed by atoms with Crippen molar-refractivity contribution >= 4 is 22.6 Å². The highest BCUT2D eigenvalue weighted by atomic mass is 32.2. The lowest BCUT2D eigenvalue weighted by Crippen LogP contribution is -2.37. The minimum atomic E-state index is -1.33. The largest absolute Gasteiger partial charge is 0.288 e. The van der Waals surface area contributed by atoms with Crippen LogP contribution in [0.1, 0.15) is 80.6 Å². The standard InChI is InChI=1S/C11H22N2O2S.C5H10.C2H6/c1-6-7-8(2)10(4)16(15)13-11(14)9(3)12-5;1-5-3-2-4-5;1-2/h8,10H,6-7H2,1-5H3,(H,13,14);5H,2-4H2,1H3;1-2H3. The molecule has 1 aliphatic rings. The van der Waals surface area contributed by atoms with Gasteiger partial charge < -0.3 is 0 Å². The van der Waals surface area contributed by atoms with Crippen LogP contribution in [0.2, 0.25) is 0 Å². The van der Waals surface area contributed by atoms with Gasteiger partial charge in [0.05, 0.1) is 11.0 Å². The summed E-state index contributed by atoms with van der Waals surface area (Å²) in [5.41, 5.74) is 0.351. The highest BCUT2D eigenvalue weighted by Crippen LogP contribution is 2.24. The van der Waals surface area contributed by atoms with E-state index in [-0.39, 0.29) is 11.2 Å². The summed E-state index contributed by atoms with van der Waals surface area (Å²) in [6.45, 7) is 14.0. The average Bonchev–Trinajstić information content (AvgIpc) is 2.53. The van der Waals surface area contributed by atoms with E-state index in [1.165, 1.54) is 19.3 Å². The molecule has 0 aromatic rings. The third-order valence-corrected chi connectivity index (χ3v) is 5.66. The van der Waals surface area contributed by atoms with Crippen LogP contribution in [0, 0.1) is 11.8 Å². The van der Waals surface area contributed by atoms with Crippen molar-refractivity contribution in [2.24, 2.45) is 16.8 Å². The van der Waals surface area contributed by atoms with Gasteiger partial charge in [-0.2, -0.15) is 0 Å². The first-order valence-electron chi connectivity index (χ1n) is 8.98. The van der Waals surface area contributed by atoms with E-state index in [1.807, 2.05) is 20.8 Å². The fourth-order valence-corrected chi connectivity index (χ4v) is 2.95. The Labute approximate surface area is 146 Å². The second-order valence-corrected chi connectivity index (χ2v) is 7.59. The molecule has 1 fully saturated rings. The van der Waals surface area contributed by atoms with E-state index in [0.29, 0.717) is 11.6 Å². The van der Waals surface area contributed by atoms with Gasteiger partial charge in [0.15, 0.2) is 0 Å². The van der Waals surface area contributed by atoms with E-state index < -0.39 is 11.0 Å². The molecule has 0 spiro atoms. The molecule has 1 rings (SSSR count). The molecule has 1 aliphatic carbocycles. The lowest BCUT2D eigenvalue weighted by Gasteiger charge is -2.18. The summed E-state index contributed by atoms with van der Waals surface area (Å²) in [5, 5.41) is -0.0337. The van der Waals surface area contributed by atoms with Gasteiger partial charge in [-0.15, -0.1) is 0 Å². The van der Waals surface area contributed by atoms with Crippen molar-refractivity contribution in [3.63, 3.8) is 0 Å². The van der Waals surface area contributed by atoms with Crippen molar-refractivity contribution in [3.8, 4) is 0 Å². The molecule has 3 atom stereocenters. The lowest BCUT2D eigenvalue weighted by molar-refractivity contribution is -0.113. The molecule has 0 heterocycles. The molecule has 0 bridgehead atoms. The fraction of sp³-hybridized carbons (Fsp3) is 0.889. The Morgan fingerprint density at radius 2 is 1.78 bits per heavy atom. The summed E-state index contributed by atoms with van der Waals surface area (Å²) in [4.78, 5) is 15.2. The molecule has 0 aliphatic heterocycles. The molecule has 1 amide bonds. The molecule has 0 aromatic heterocycles. The van der Waals surface area contributed by atoms with E-state index in [0.717, 1.165) is 18.8 Å². The van der Waals surface area contributed by atoms with E-state index >= 15 is 0 Å². The maximum atomic E-state index is 11.8. The van der Waals surface area contributed by atoms with Crippen LogP contribution in [-0.2, 0) is 15.8 Å². The quantitative estimate of drug-likeness (QED) is 0.719. The molecule has 3 unspecified atom stereocenters. The van der Waals surface area contributed by atoms with Gasteiger partial charge in [-0.1, -0.05) is 60.3 Å². The minimum Gasteiger partial charge on any atom is -0.288 e. The highest BCUT2D eigenvalue weighted by Gasteiger charge is 2.20. The summed E-state index contributed by atoms with van der Waals surface area (Å²) in [6, 6.07) is 0. The van der Waals surface area contributed by atoms with E-state index in [1.54, 1.807) is 14.0 Å². The minimum absolute atomic E-state index is 0.0337. The second-order valence-electron chi connectivity index (χ2n) is 6.04. The predicted octanol–water partition coefficient (Wildman–Crippen LogP) is 4.51. The van der Waals surface area contributed by atoms with Gasteiger partial charge in [0.25, 0.3) is 5.91 Å². The molecule has 0 aromatic carbocycles. The molecule has 0 radical (unpaired) electrons. The number of hydrogen-bond donors (Lipinski definition) is 1. The van der Waals surface area contributed by atoms with Gasteiger partial charge in [-0.3, -0.25) is 14.5 Å². The maximum absolute atomic E-state index is 11.8. The molecular formula is C18H38N2O2S. The molecule has 23 heavy (non-hydrogen) atoms. The summed E-state index contributed by atoms with van der Waals surface area (Å²) >= 11 is 0. The zero-order chi connectivity index (χ0) is 18.4. The topological polar surface area (TPSA) is 58.5 Å². The van der Waals surface area contributed by atoms with Crippen molar-refractivity contribution < 1.29 is 9.00 Å². The van der Waals surface area contributed by atoms with Crippen molar-refractivity contribution in [2.45, 2.75) is 85.8 Å². The lowest BCUT2D eigenvalue weighted by atomic mass is 9.88. The molecule has 5 heteroatoms. The number of nitrogens with zero attached hydrogens (tertiary/aromatic N) is 1. The zero-order valence-corrected chi connectivity index (χ0v) is 17.3. The van der Waals surface area contributed by atoms with Crippen molar-refractivity contribution in [3.05, 3.63) is 0 Å². The Morgan fingerprint density at radius 3 is 2.09 bits per heavy atom. The van der Waals surface area contributed by atoms with Gasteiger partial charge in [0.1, 0.15) is 11.0 Å². The third kappa shape index (κ3) is 11.5. The molecule has 0 saturated heterocycles. The van der Waals surface area contributed by atoms with Crippen LogP contribution in [0.4, 0.5) is 0 Å². The summed E-state index contributed by atoms with van der Waals surface area (Å²) in [5.74, 6) is 1.05. The predicted molar refractivity (Wildman–Crippen MR) is 103 cm³/mol. The van der Waals surface area contributed by atoms with Crippen molar-refractivity contribution in [1.82, 2.24) is 4.72 Å². The third-order valence-electron chi connectivity index (χ3n) is 4.13. The van der Waals surface area contributed by atoms with E-state index in [9.17, 15) is 9.00 Å². The molecule has 1 N–H and O–H groups in total. The normalized spacial score (nSPS) is 18.2. The molecule has 4 nitrogen and oxygen atoms in total. The van der Waals surface area contributed by atoms with Crippen LogP contribution in [0.3, 0.4) is 0 Å². The average molecular weight is 347 g/mol. The summed E-state index contributed by atoms with van der Waals surface area (Å²) < 4.78 is 14.3. The Bertz CT molecular complexity index is 366. The Kier molecular flexibility index (Phi) is 15.9. The van der Waals surface area contributed by atoms with Crippen LogP contribution in [0.15, 0.2) is 4.99 Å². The van der Waals surface area contributed by atoms with Crippen LogP contribution in [-0.4, -0.2) is 28.1 Å². The first-order valence-corrected chi connectivity index (χ1v) is 10.2. The molecular weight excluding hydrogens is 308 g/mol. The van der Waals surface area contributed by atoms with Gasteiger partial charge in [-0.25, -0.2) is 4.21 Å². The van der Waals surface area contributed by atoms with Crippen LogP contribution in [0.5, 0.6) is 0 Å². The number of rotatable bonds is 6. The zero-order valence-electron chi connectivity index (χ0n) is 16.4. The highest BCUT2D eigenvalue weighted by molar-refractivity contribution is 7.84. The number of carbonyl (C=O) groups is 1. The fourth-order valence-electron chi connectivity index (χ4n) is 1.87. The summed E-state index contributed by atoms with van der Waals surface area (Å²) in [6.07, 6.45) is 6.54. The van der Waals surface area contributed by atoms with Crippen LogP contribution >= 0.6 is 0 Å². The number of amides is 1. The Hall–Kier alpha value is -0.710. The van der Waals surface area contributed by atoms with Crippen LogP contribution < -0.4 is 4.72 Å². The number of hydrogen-bond acceptors (Lipinski definition) is 3. The number of nitrogens with one attached hydrogen (secondary N) is 1. The van der Waals surface area contributed by atoms with Gasteiger partial charge in [-0.05, 0) is 32.1 Å². The van der Waals surface area contributed by atoms with Gasteiger partial charge in [0.2, 0.25) is 0 Å². The Balaban J connectivity index is 0. The maximum Gasteiger partial charge on any atom is 0.276 e. The first-order chi connectivity index (χ1) is 10.8. The smallest absolute Gasteiger partial charge is 0.276 e. The van der Waals surface area contributed by atoms with E-state index in [2.05, 4.69) is 30.5 Å². The van der Waals surface area contributed by atoms with Crippen molar-refractivity contribution in [2.75, 3.05) is 7.05 Å². The van der Waals surface area contributed by atoms with E-state index in [4.69, 9.17) is 0 Å². The first kappa shape index (κ1) is 24.5. The van der Waals surface area contributed by atoms with Gasteiger partial charge in [0, 0.05) is 7.05 Å². The second kappa shape index (κ2) is 14.9. The Morgan fingerprint density at radius 1 is 1.30 bits per heavy atom. The van der Waals surface area contributed by atoms with Crippen molar-refractivity contribution in [1.29, 1.82) is 0 Å². The molecule has 1 saturated carbocycles. The summed E-state index contributed by atoms with van der Waals surface area (Å²) in [7, 11) is 0.214.